The number of hydrogen-bond acceptors (Lipinski definition) is 5. The van der Waals surface area contributed by atoms with E-state index >= 15 is 0 Å². The Balaban J connectivity index is 2.19. The predicted molar refractivity (Wildman–Crippen MR) is 70.9 cm³/mol. The van der Waals surface area contributed by atoms with Gasteiger partial charge in [-0.1, -0.05) is 12.1 Å². The number of aromatic hydroxyl groups is 1. The smallest absolute Gasteiger partial charge is 0.294 e. The van der Waals surface area contributed by atoms with Gasteiger partial charge < -0.3 is 9.52 Å². The van der Waals surface area contributed by atoms with Gasteiger partial charge in [0.15, 0.2) is 5.58 Å². The third-order valence-electron chi connectivity index (χ3n) is 2.79. The first-order valence-electron chi connectivity index (χ1n) is 5.61. The largest absolute Gasteiger partial charge is 0.507 e. The Morgan fingerprint density at radius 2 is 1.85 bits per heavy atom. The van der Waals surface area contributed by atoms with Crippen LogP contribution in [0.2, 0.25) is 0 Å². The molecule has 0 aliphatic heterocycles. The quantitative estimate of drug-likeness (QED) is 0.703. The van der Waals surface area contributed by atoms with Crippen LogP contribution in [0, 0.1) is 0 Å². The van der Waals surface area contributed by atoms with Crippen molar-refractivity contribution in [3.8, 4) is 17.2 Å². The second-order valence-electron chi connectivity index (χ2n) is 4.14. The number of oxazole rings is 1. The molecule has 7 heteroatoms. The summed E-state index contributed by atoms with van der Waals surface area (Å²) in [5, 5.41) is 9.74. The highest BCUT2D eigenvalue weighted by molar-refractivity contribution is 7.85. The lowest BCUT2D eigenvalue weighted by molar-refractivity contribution is 0.474. The first kappa shape index (κ1) is 12.6. The molecule has 0 radical (unpaired) electrons. The summed E-state index contributed by atoms with van der Waals surface area (Å²) in [5.74, 6) is 0.180. The van der Waals surface area contributed by atoms with E-state index in [1.807, 2.05) is 0 Å². The molecule has 6 nitrogen and oxygen atoms in total. The fraction of sp³-hybridized carbons (Fsp3) is 0. The molecule has 0 spiro atoms. The molecular formula is C13H9NO5S. The summed E-state index contributed by atoms with van der Waals surface area (Å²) in [5.41, 5.74) is 1.03. The second kappa shape index (κ2) is 4.32. The molecule has 2 N–H and O–H groups in total. The van der Waals surface area contributed by atoms with Crippen LogP contribution in [0.4, 0.5) is 0 Å². The molecule has 3 aromatic rings. The van der Waals surface area contributed by atoms with Gasteiger partial charge in [0, 0.05) is 0 Å². The van der Waals surface area contributed by atoms with Crippen LogP contribution in [-0.4, -0.2) is 23.1 Å². The molecule has 0 unspecified atom stereocenters. The highest BCUT2D eigenvalue weighted by Gasteiger charge is 2.15. The van der Waals surface area contributed by atoms with Gasteiger partial charge in [0.05, 0.1) is 10.5 Å². The van der Waals surface area contributed by atoms with Crippen LogP contribution in [0.15, 0.2) is 51.8 Å². The van der Waals surface area contributed by atoms with E-state index in [-0.39, 0.29) is 22.1 Å². The molecule has 3 rings (SSSR count). The van der Waals surface area contributed by atoms with Crippen molar-refractivity contribution in [1.82, 2.24) is 4.98 Å². The van der Waals surface area contributed by atoms with Gasteiger partial charge in [0.2, 0.25) is 5.89 Å². The molecule has 1 aromatic heterocycles. The van der Waals surface area contributed by atoms with Crippen LogP contribution in [0.5, 0.6) is 5.75 Å². The van der Waals surface area contributed by atoms with Crippen LogP contribution in [0.1, 0.15) is 0 Å². The molecule has 1 heterocycles. The van der Waals surface area contributed by atoms with Crippen molar-refractivity contribution in [3.63, 3.8) is 0 Å². The van der Waals surface area contributed by atoms with E-state index in [0.717, 1.165) is 0 Å². The minimum Gasteiger partial charge on any atom is -0.507 e. The number of fused-ring (bicyclic) bond motifs is 1. The maximum absolute atomic E-state index is 11.1. The van der Waals surface area contributed by atoms with Gasteiger partial charge in [-0.15, -0.1) is 0 Å². The number of phenols is 1. The zero-order valence-corrected chi connectivity index (χ0v) is 10.8. The predicted octanol–water partition coefficient (Wildman–Crippen LogP) is 2.45. The van der Waals surface area contributed by atoms with Gasteiger partial charge in [0.25, 0.3) is 10.1 Å². The molecule has 0 saturated carbocycles. The summed E-state index contributed by atoms with van der Waals surface area (Å²) in [6, 6.07) is 10.3. The Labute approximate surface area is 114 Å². The molecule has 0 saturated heterocycles. The zero-order valence-electron chi connectivity index (χ0n) is 10.0. The number of benzene rings is 2. The SMILES string of the molecule is O=S(=O)(O)c1ccc2oc(-c3ccccc3O)nc2c1. The Morgan fingerprint density at radius 3 is 2.55 bits per heavy atom. The van der Waals surface area contributed by atoms with Crippen LogP contribution < -0.4 is 0 Å². The molecule has 0 atom stereocenters. The van der Waals surface area contributed by atoms with Gasteiger partial charge in [-0.05, 0) is 30.3 Å². The number of para-hydroxylation sites is 1. The third-order valence-corrected chi connectivity index (χ3v) is 3.64. The monoisotopic (exact) mass is 291 g/mol. The number of phenolic OH excluding ortho intramolecular Hbond substituents is 1. The summed E-state index contributed by atoms with van der Waals surface area (Å²) in [6.07, 6.45) is 0. The topological polar surface area (TPSA) is 101 Å². The van der Waals surface area contributed by atoms with Crippen molar-refractivity contribution in [2.24, 2.45) is 0 Å². The maximum atomic E-state index is 11.1. The number of hydrogen-bond donors (Lipinski definition) is 2. The highest BCUT2D eigenvalue weighted by atomic mass is 32.2. The Bertz CT molecular complexity index is 898. The Hall–Kier alpha value is -2.38. The van der Waals surface area contributed by atoms with Crippen molar-refractivity contribution in [2.75, 3.05) is 0 Å². The van der Waals surface area contributed by atoms with E-state index in [1.165, 1.54) is 24.3 Å². The van der Waals surface area contributed by atoms with Crippen molar-refractivity contribution in [1.29, 1.82) is 0 Å². The fourth-order valence-electron chi connectivity index (χ4n) is 1.84. The lowest BCUT2D eigenvalue weighted by atomic mass is 10.2. The van der Waals surface area contributed by atoms with Crippen LogP contribution in [0.3, 0.4) is 0 Å². The molecular weight excluding hydrogens is 282 g/mol. The molecule has 0 aliphatic rings. The van der Waals surface area contributed by atoms with Crippen LogP contribution in [-0.2, 0) is 10.1 Å². The van der Waals surface area contributed by atoms with Crippen molar-refractivity contribution in [3.05, 3.63) is 42.5 Å². The van der Waals surface area contributed by atoms with Gasteiger partial charge >= 0.3 is 0 Å². The van der Waals surface area contributed by atoms with Crippen molar-refractivity contribution < 1.29 is 22.5 Å². The Kier molecular flexibility index (Phi) is 2.73. The third kappa shape index (κ3) is 2.13. The number of rotatable bonds is 2. The molecule has 0 fully saturated rings. The van der Waals surface area contributed by atoms with E-state index in [9.17, 15) is 13.5 Å². The van der Waals surface area contributed by atoms with E-state index in [0.29, 0.717) is 11.1 Å². The van der Waals surface area contributed by atoms with E-state index in [4.69, 9.17) is 8.97 Å². The lowest BCUT2D eigenvalue weighted by Crippen LogP contribution is -1.97. The standard InChI is InChI=1S/C13H9NO5S/c15-11-4-2-1-3-9(11)13-14-10-7-8(20(16,17)18)5-6-12(10)19-13/h1-7,15H,(H,16,17,18). The van der Waals surface area contributed by atoms with Gasteiger partial charge in [-0.3, -0.25) is 4.55 Å². The first-order chi connectivity index (χ1) is 9.45. The number of aromatic nitrogens is 1. The van der Waals surface area contributed by atoms with Crippen LogP contribution >= 0.6 is 0 Å². The van der Waals surface area contributed by atoms with Crippen molar-refractivity contribution >= 4 is 21.2 Å². The average Bonchev–Trinajstić information content (AvgIpc) is 2.80. The molecule has 0 amide bonds. The van der Waals surface area contributed by atoms with E-state index in [1.54, 1.807) is 18.2 Å². The fourth-order valence-corrected chi connectivity index (χ4v) is 2.34. The lowest BCUT2D eigenvalue weighted by Gasteiger charge is -1.97. The average molecular weight is 291 g/mol. The summed E-state index contributed by atoms with van der Waals surface area (Å²) in [6.45, 7) is 0. The first-order valence-corrected chi connectivity index (χ1v) is 7.05. The highest BCUT2D eigenvalue weighted by Crippen LogP contribution is 2.31. The Morgan fingerprint density at radius 1 is 1.10 bits per heavy atom. The number of nitrogens with zero attached hydrogens (tertiary/aromatic N) is 1. The molecule has 0 aliphatic carbocycles. The summed E-state index contributed by atoms with van der Waals surface area (Å²) >= 11 is 0. The minimum atomic E-state index is -4.29. The van der Waals surface area contributed by atoms with E-state index in [2.05, 4.69) is 4.98 Å². The molecule has 0 bridgehead atoms. The molecule has 20 heavy (non-hydrogen) atoms. The molecule has 102 valence electrons. The van der Waals surface area contributed by atoms with Gasteiger partial charge in [-0.25, -0.2) is 4.98 Å². The second-order valence-corrected chi connectivity index (χ2v) is 5.56. The molecule has 2 aromatic carbocycles. The minimum absolute atomic E-state index is 0.00839. The van der Waals surface area contributed by atoms with Gasteiger partial charge in [0.1, 0.15) is 11.3 Å². The van der Waals surface area contributed by atoms with E-state index < -0.39 is 10.1 Å². The van der Waals surface area contributed by atoms with Gasteiger partial charge in [-0.2, -0.15) is 8.42 Å². The summed E-state index contributed by atoms with van der Waals surface area (Å²) in [7, 11) is -4.29. The zero-order chi connectivity index (χ0) is 14.3. The summed E-state index contributed by atoms with van der Waals surface area (Å²) in [4.78, 5) is 3.85. The normalized spacial score (nSPS) is 11.8. The maximum Gasteiger partial charge on any atom is 0.294 e. The van der Waals surface area contributed by atoms with Crippen LogP contribution in [0.25, 0.3) is 22.6 Å². The summed E-state index contributed by atoms with van der Waals surface area (Å²) < 4.78 is 36.6. The van der Waals surface area contributed by atoms with Crippen molar-refractivity contribution in [2.45, 2.75) is 4.90 Å².